The fraction of sp³-hybridized carbons (Fsp3) is 0.323. The van der Waals surface area contributed by atoms with E-state index in [0.717, 1.165) is 36.1 Å². The Morgan fingerprint density at radius 1 is 0.977 bits per heavy atom. The maximum absolute atomic E-state index is 13.5. The molecule has 0 bridgehead atoms. The molecule has 2 aliphatic rings. The predicted octanol–water partition coefficient (Wildman–Crippen LogP) is 7.79. The molecule has 0 spiro atoms. The second kappa shape index (κ2) is 14.8. The van der Waals surface area contributed by atoms with Crippen LogP contribution >= 0.6 is 11.6 Å². The normalized spacial score (nSPS) is 15.0. The van der Waals surface area contributed by atoms with Gasteiger partial charge in [0, 0.05) is 6.54 Å². The fourth-order valence-electron chi connectivity index (χ4n) is 4.31. The molecule has 3 aromatic carbocycles. The van der Waals surface area contributed by atoms with Gasteiger partial charge in [0.1, 0.15) is 19.0 Å². The van der Waals surface area contributed by atoms with E-state index in [-0.39, 0.29) is 24.8 Å². The zero-order valence-corrected chi connectivity index (χ0v) is 24.0. The molecule has 1 saturated carbocycles. The van der Waals surface area contributed by atoms with Crippen molar-refractivity contribution in [1.29, 1.82) is 0 Å². The molecule has 5 rings (SSSR count). The molecule has 0 atom stereocenters. The molecule has 0 saturated heterocycles. The molecule has 2 N–H and O–H groups in total. The minimum absolute atomic E-state index is 0.0122. The van der Waals surface area contributed by atoms with E-state index in [1.165, 1.54) is 6.07 Å². The minimum atomic E-state index is -4.40. The first-order valence-electron chi connectivity index (χ1n) is 13.6. The van der Waals surface area contributed by atoms with Gasteiger partial charge in [-0.2, -0.15) is 17.6 Å². The first-order chi connectivity index (χ1) is 21.0. The second-order valence-corrected chi connectivity index (χ2v) is 10.3. The number of hydrogen-bond acceptors (Lipinski definition) is 4. The van der Waals surface area contributed by atoms with Crippen molar-refractivity contribution in [2.75, 3.05) is 26.3 Å². The summed E-state index contributed by atoms with van der Waals surface area (Å²) in [5.41, 5.74) is 1.58. The Morgan fingerprint density at radius 3 is 2.32 bits per heavy atom. The third-order valence-electron chi connectivity index (χ3n) is 6.73. The number of hydrogen-bond donors (Lipinski definition) is 2. The fourth-order valence-corrected chi connectivity index (χ4v) is 4.60. The van der Waals surface area contributed by atoms with E-state index in [1.807, 2.05) is 0 Å². The average Bonchev–Trinajstić information content (AvgIpc) is 3.83. The van der Waals surface area contributed by atoms with Crippen LogP contribution in [0.3, 0.4) is 0 Å². The first kappa shape index (κ1) is 33.2. The van der Waals surface area contributed by atoms with Crippen LogP contribution in [0, 0.1) is 17.5 Å². The lowest BCUT2D eigenvalue weighted by molar-refractivity contribution is -0.137. The number of carbonyl (C=O) groups is 1. The maximum Gasteiger partial charge on any atom is 0.417 e. The number of nitrogens with zero attached hydrogens (tertiary/aromatic N) is 1. The Balaban J connectivity index is 0.000000233. The Bertz CT molecular complexity index is 1490. The van der Waals surface area contributed by atoms with Gasteiger partial charge in [-0.05, 0) is 60.0 Å². The van der Waals surface area contributed by atoms with Crippen LogP contribution in [-0.2, 0) is 17.5 Å². The number of nitrogens with one attached hydrogen (secondary N) is 1. The molecule has 1 aliphatic carbocycles. The van der Waals surface area contributed by atoms with Crippen LogP contribution in [0.1, 0.15) is 36.0 Å². The highest BCUT2D eigenvalue weighted by molar-refractivity contribution is 6.32. The third-order valence-corrected chi connectivity index (χ3v) is 7.18. The van der Waals surface area contributed by atoms with E-state index in [2.05, 4.69) is 10.6 Å². The van der Waals surface area contributed by atoms with E-state index in [4.69, 9.17) is 21.1 Å². The molecular formula is C31H28ClF6N2O4-. The lowest BCUT2D eigenvalue weighted by Gasteiger charge is -2.20. The topological polar surface area (TPSA) is 81.9 Å². The van der Waals surface area contributed by atoms with E-state index in [1.54, 1.807) is 30.3 Å². The van der Waals surface area contributed by atoms with Crippen molar-refractivity contribution >= 4 is 23.1 Å². The van der Waals surface area contributed by atoms with Gasteiger partial charge in [0.05, 0.1) is 16.2 Å². The van der Waals surface area contributed by atoms with Crippen LogP contribution in [-0.4, -0.2) is 43.4 Å². The minimum Gasteiger partial charge on any atom is -0.656 e. The number of halogens is 7. The van der Waals surface area contributed by atoms with Crippen LogP contribution in [0.2, 0.25) is 5.02 Å². The first-order valence-corrected chi connectivity index (χ1v) is 14.0. The molecule has 1 aliphatic heterocycles. The smallest absolute Gasteiger partial charge is 0.417 e. The molecule has 13 heteroatoms. The monoisotopic (exact) mass is 641 g/mol. The van der Waals surface area contributed by atoms with Gasteiger partial charge in [-0.1, -0.05) is 48.7 Å². The van der Waals surface area contributed by atoms with Gasteiger partial charge >= 0.3 is 12.1 Å². The quantitative estimate of drug-likeness (QED) is 0.134. The number of carboxylic acid groups (broad SMARTS) is 1. The van der Waals surface area contributed by atoms with Crippen molar-refractivity contribution in [3.8, 4) is 11.5 Å². The lowest BCUT2D eigenvalue weighted by atomic mass is 9.94. The van der Waals surface area contributed by atoms with Crippen molar-refractivity contribution < 1.29 is 45.7 Å². The van der Waals surface area contributed by atoms with Crippen molar-refractivity contribution in [2.45, 2.75) is 38.0 Å². The van der Waals surface area contributed by atoms with E-state index in [0.29, 0.717) is 48.5 Å². The van der Waals surface area contributed by atoms with Crippen LogP contribution in [0.4, 0.5) is 26.3 Å². The largest absolute Gasteiger partial charge is 0.656 e. The van der Waals surface area contributed by atoms with E-state index >= 15 is 0 Å². The van der Waals surface area contributed by atoms with Gasteiger partial charge in [0.15, 0.2) is 17.4 Å². The molecule has 6 nitrogen and oxygen atoms in total. The third kappa shape index (κ3) is 8.90. The van der Waals surface area contributed by atoms with Crippen molar-refractivity contribution in [3.63, 3.8) is 0 Å². The molecule has 3 aromatic rings. The summed E-state index contributed by atoms with van der Waals surface area (Å²) < 4.78 is 88.0. The molecule has 0 radical (unpaired) electrons. The second-order valence-electron chi connectivity index (χ2n) is 9.93. The van der Waals surface area contributed by atoms with Crippen LogP contribution in [0.25, 0.3) is 10.9 Å². The van der Waals surface area contributed by atoms with Gasteiger partial charge in [-0.3, -0.25) is 0 Å². The highest BCUT2D eigenvalue weighted by atomic mass is 35.5. The highest BCUT2D eigenvalue weighted by Crippen LogP contribution is 2.38. The maximum atomic E-state index is 13.5. The van der Waals surface area contributed by atoms with Gasteiger partial charge in [0.2, 0.25) is 5.82 Å². The summed E-state index contributed by atoms with van der Waals surface area (Å²) in [6.45, 7) is 1.09. The number of rotatable bonds is 10. The zero-order valence-electron chi connectivity index (χ0n) is 23.2. The highest BCUT2D eigenvalue weighted by Gasteiger charge is 2.33. The van der Waals surface area contributed by atoms with Gasteiger partial charge < -0.3 is 25.2 Å². The average molecular weight is 642 g/mol. The molecule has 0 unspecified atom stereocenters. The van der Waals surface area contributed by atoms with Crippen LogP contribution < -0.4 is 14.8 Å². The molecule has 236 valence electrons. The van der Waals surface area contributed by atoms with Crippen LogP contribution in [0.5, 0.6) is 11.5 Å². The van der Waals surface area contributed by atoms with Crippen molar-refractivity contribution in [3.05, 3.63) is 105 Å². The molecular weight excluding hydrogens is 614 g/mol. The Hall–Kier alpha value is -3.74. The summed E-state index contributed by atoms with van der Waals surface area (Å²) in [6, 6.07) is 12.6. The van der Waals surface area contributed by atoms with Crippen molar-refractivity contribution in [1.82, 2.24) is 5.32 Å². The summed E-state index contributed by atoms with van der Waals surface area (Å²) in [4.78, 5) is 11.4. The molecule has 0 aromatic heterocycles. The summed E-state index contributed by atoms with van der Waals surface area (Å²) in [7, 11) is 0. The number of aliphatic carboxylic acids is 1. The summed E-state index contributed by atoms with van der Waals surface area (Å²) >= 11 is 5.72. The summed E-state index contributed by atoms with van der Waals surface area (Å²) in [5, 5.41) is 16.4. The Labute approximate surface area is 254 Å². The van der Waals surface area contributed by atoms with E-state index < -0.39 is 40.9 Å². The molecule has 44 heavy (non-hydrogen) atoms. The molecule has 1 heterocycles. The number of ether oxygens (including phenoxy) is 2. The van der Waals surface area contributed by atoms with Crippen LogP contribution in [0.15, 0.2) is 60.2 Å². The van der Waals surface area contributed by atoms with Gasteiger partial charge in [-0.15, -0.1) is 12.6 Å². The lowest BCUT2D eigenvalue weighted by Crippen LogP contribution is -2.28. The zero-order chi connectivity index (χ0) is 31.9. The number of carboxylic acids is 1. The standard InChI is InChI=1S/C20H18F3NO4.C11H10ClF3N/c21-16-5-6-17(22)19(18(16)23)28-10-9-27-13-3-1-12(2-4-13)14-7-8-24-11-15(14)20(25)26;12-10-7(6-16-8-4-5-8)2-1-3-9(10)11(13,14)15/h1-6,24H,7-11H2,(H,25,26);1-3,8H,4-6H2/q;-1. The van der Waals surface area contributed by atoms with Crippen molar-refractivity contribution in [2.24, 2.45) is 0 Å². The summed E-state index contributed by atoms with van der Waals surface area (Å²) in [5.74, 6) is -4.81. The number of benzene rings is 3. The van der Waals surface area contributed by atoms with Gasteiger partial charge in [0.25, 0.3) is 0 Å². The Morgan fingerprint density at radius 2 is 1.66 bits per heavy atom. The Kier molecular flexibility index (Phi) is 11.2. The molecule has 0 amide bonds. The van der Waals surface area contributed by atoms with Gasteiger partial charge in [-0.25, -0.2) is 13.6 Å². The SMILES string of the molecule is FC(F)(F)c1cccc(C[N-]C2CC2)c1Cl.O=C(O)C1=C(c2ccc(OCCOc3c(F)ccc(F)c3F)cc2)CCNC1. The van der Waals surface area contributed by atoms with E-state index in [9.17, 15) is 36.2 Å². The predicted molar refractivity (Wildman–Crippen MR) is 152 cm³/mol. The molecule has 1 fully saturated rings. The number of alkyl halides is 3. The summed E-state index contributed by atoms with van der Waals surface area (Å²) in [6.07, 6.45) is -1.71.